The summed E-state index contributed by atoms with van der Waals surface area (Å²) in [5.74, 6) is 1.03. The molecule has 2 rings (SSSR count). The molecule has 3 heteroatoms. The van der Waals surface area contributed by atoms with Crippen LogP contribution in [0, 0.1) is 0 Å². The van der Waals surface area contributed by atoms with E-state index in [1.165, 1.54) is 5.56 Å². The third-order valence-electron chi connectivity index (χ3n) is 2.69. The molecule has 1 aliphatic heterocycles. The summed E-state index contributed by atoms with van der Waals surface area (Å²) in [4.78, 5) is 0. The van der Waals surface area contributed by atoms with Gasteiger partial charge in [0.05, 0.1) is 6.61 Å². The van der Waals surface area contributed by atoms with E-state index in [0.29, 0.717) is 6.04 Å². The molecule has 1 N–H and O–H groups in total. The van der Waals surface area contributed by atoms with Crippen molar-refractivity contribution in [1.82, 2.24) is 5.32 Å². The maximum atomic E-state index is 5.72. The first-order valence-corrected chi connectivity index (χ1v) is 6.26. The third-order valence-corrected chi connectivity index (χ3v) is 3.19. The van der Waals surface area contributed by atoms with Gasteiger partial charge in [-0.2, -0.15) is 0 Å². The number of nitrogens with one attached hydrogen (secondary N) is 1. The van der Waals surface area contributed by atoms with E-state index in [1.807, 2.05) is 6.07 Å². The van der Waals surface area contributed by atoms with Crippen molar-refractivity contribution in [2.45, 2.75) is 25.8 Å². The highest BCUT2D eigenvalue weighted by molar-refractivity contribution is 9.10. The first-order valence-electron chi connectivity index (χ1n) is 5.47. The second-order valence-electron chi connectivity index (χ2n) is 3.78. The van der Waals surface area contributed by atoms with E-state index in [0.717, 1.165) is 36.2 Å². The molecular weight excluding hydrogens is 254 g/mol. The van der Waals surface area contributed by atoms with Crippen LogP contribution in [0.5, 0.6) is 5.75 Å². The van der Waals surface area contributed by atoms with E-state index < -0.39 is 0 Å². The number of benzene rings is 1. The molecule has 0 amide bonds. The molecule has 1 atom stereocenters. The summed E-state index contributed by atoms with van der Waals surface area (Å²) in [5.41, 5.74) is 1.28. The van der Waals surface area contributed by atoms with Crippen molar-refractivity contribution in [2.24, 2.45) is 0 Å². The summed E-state index contributed by atoms with van der Waals surface area (Å²) < 4.78 is 6.84. The second-order valence-corrected chi connectivity index (χ2v) is 4.70. The Morgan fingerprint density at radius 3 is 3.20 bits per heavy atom. The predicted molar refractivity (Wildman–Crippen MR) is 65.3 cm³/mol. The molecule has 15 heavy (non-hydrogen) atoms. The summed E-state index contributed by atoms with van der Waals surface area (Å²) in [6.45, 7) is 3.97. The standard InChI is InChI=1S/C12H16BrNO/c1-2-14-11-4-3-7-15-12-6-5-9(13)8-10(11)12/h5-6,8,11,14H,2-4,7H2,1H3. The zero-order chi connectivity index (χ0) is 10.7. The molecule has 0 saturated carbocycles. The third kappa shape index (κ3) is 2.52. The van der Waals surface area contributed by atoms with Gasteiger partial charge in [0, 0.05) is 16.1 Å². The summed E-state index contributed by atoms with van der Waals surface area (Å²) in [6, 6.07) is 6.68. The lowest BCUT2D eigenvalue weighted by molar-refractivity contribution is 0.315. The van der Waals surface area contributed by atoms with Crippen molar-refractivity contribution in [3.05, 3.63) is 28.2 Å². The normalized spacial score (nSPS) is 20.3. The van der Waals surface area contributed by atoms with Gasteiger partial charge >= 0.3 is 0 Å². The highest BCUT2D eigenvalue weighted by Crippen LogP contribution is 2.33. The van der Waals surface area contributed by atoms with Crippen molar-refractivity contribution < 1.29 is 4.74 Å². The minimum atomic E-state index is 0.435. The van der Waals surface area contributed by atoms with Gasteiger partial charge < -0.3 is 10.1 Å². The fraction of sp³-hybridized carbons (Fsp3) is 0.500. The summed E-state index contributed by atoms with van der Waals surface area (Å²) in [6.07, 6.45) is 2.27. The average Bonchev–Trinajstić information content (AvgIpc) is 2.42. The average molecular weight is 270 g/mol. The smallest absolute Gasteiger partial charge is 0.124 e. The van der Waals surface area contributed by atoms with E-state index in [4.69, 9.17) is 4.74 Å². The van der Waals surface area contributed by atoms with Gasteiger partial charge in [-0.25, -0.2) is 0 Å². The van der Waals surface area contributed by atoms with Crippen LogP contribution >= 0.6 is 15.9 Å². The quantitative estimate of drug-likeness (QED) is 0.890. The van der Waals surface area contributed by atoms with E-state index in [2.05, 4.69) is 40.3 Å². The van der Waals surface area contributed by atoms with Gasteiger partial charge in [0.25, 0.3) is 0 Å². The van der Waals surface area contributed by atoms with Crippen LogP contribution in [0.2, 0.25) is 0 Å². The zero-order valence-corrected chi connectivity index (χ0v) is 10.5. The lowest BCUT2D eigenvalue weighted by Gasteiger charge is -2.17. The molecule has 0 aliphatic carbocycles. The zero-order valence-electron chi connectivity index (χ0n) is 8.92. The molecule has 0 bridgehead atoms. The molecule has 0 fully saturated rings. The van der Waals surface area contributed by atoms with Crippen LogP contribution in [0.4, 0.5) is 0 Å². The van der Waals surface area contributed by atoms with Crippen molar-refractivity contribution in [3.8, 4) is 5.75 Å². The van der Waals surface area contributed by atoms with Gasteiger partial charge in [0.1, 0.15) is 5.75 Å². The molecule has 2 nitrogen and oxygen atoms in total. The Balaban J connectivity index is 2.33. The van der Waals surface area contributed by atoms with Crippen molar-refractivity contribution in [2.75, 3.05) is 13.2 Å². The Labute approximate surface area is 99.1 Å². The van der Waals surface area contributed by atoms with E-state index in [9.17, 15) is 0 Å². The molecule has 0 spiro atoms. The van der Waals surface area contributed by atoms with Crippen LogP contribution in [0.3, 0.4) is 0 Å². The molecule has 0 radical (unpaired) electrons. The lowest BCUT2D eigenvalue weighted by Crippen LogP contribution is -2.20. The maximum Gasteiger partial charge on any atom is 0.124 e. The molecule has 82 valence electrons. The molecule has 1 unspecified atom stereocenters. The maximum absolute atomic E-state index is 5.72. The van der Waals surface area contributed by atoms with Gasteiger partial charge in [-0.3, -0.25) is 0 Å². The number of fused-ring (bicyclic) bond motifs is 1. The van der Waals surface area contributed by atoms with Crippen LogP contribution in [-0.2, 0) is 0 Å². The Morgan fingerprint density at radius 2 is 2.40 bits per heavy atom. The Kier molecular flexibility index (Phi) is 3.65. The SMILES string of the molecule is CCNC1CCCOc2ccc(Br)cc21. The van der Waals surface area contributed by atoms with Crippen molar-refractivity contribution in [3.63, 3.8) is 0 Å². The second kappa shape index (κ2) is 4.99. The van der Waals surface area contributed by atoms with E-state index in [-0.39, 0.29) is 0 Å². The molecular formula is C12H16BrNO. The predicted octanol–water partition coefficient (Wildman–Crippen LogP) is 3.27. The molecule has 1 aromatic carbocycles. The summed E-state index contributed by atoms with van der Waals surface area (Å²) in [7, 11) is 0. The minimum absolute atomic E-state index is 0.435. The fourth-order valence-electron chi connectivity index (χ4n) is 2.01. The first kappa shape index (κ1) is 11.0. The Hall–Kier alpha value is -0.540. The van der Waals surface area contributed by atoms with Crippen LogP contribution < -0.4 is 10.1 Å². The van der Waals surface area contributed by atoms with Gasteiger partial charge in [0.15, 0.2) is 0 Å². The van der Waals surface area contributed by atoms with E-state index >= 15 is 0 Å². The number of rotatable bonds is 2. The summed E-state index contributed by atoms with van der Waals surface area (Å²) in [5, 5.41) is 3.51. The van der Waals surface area contributed by atoms with Crippen molar-refractivity contribution in [1.29, 1.82) is 0 Å². The van der Waals surface area contributed by atoms with Crippen molar-refractivity contribution >= 4 is 15.9 Å². The Morgan fingerprint density at radius 1 is 1.53 bits per heavy atom. The number of hydrogen-bond acceptors (Lipinski definition) is 2. The number of halogens is 1. The number of ether oxygens (including phenoxy) is 1. The Bertz CT molecular complexity index is 340. The van der Waals surface area contributed by atoms with Crippen LogP contribution in [-0.4, -0.2) is 13.2 Å². The lowest BCUT2D eigenvalue weighted by atomic mass is 10.0. The molecule has 1 aromatic rings. The van der Waals surface area contributed by atoms with Gasteiger partial charge in [-0.1, -0.05) is 22.9 Å². The van der Waals surface area contributed by atoms with Crippen LogP contribution in [0.25, 0.3) is 0 Å². The minimum Gasteiger partial charge on any atom is -0.493 e. The van der Waals surface area contributed by atoms with Crippen LogP contribution in [0.15, 0.2) is 22.7 Å². The number of hydrogen-bond donors (Lipinski definition) is 1. The van der Waals surface area contributed by atoms with Crippen LogP contribution in [0.1, 0.15) is 31.4 Å². The fourth-order valence-corrected chi connectivity index (χ4v) is 2.39. The van der Waals surface area contributed by atoms with Gasteiger partial charge in [0.2, 0.25) is 0 Å². The molecule has 0 aromatic heterocycles. The molecule has 0 saturated heterocycles. The first-order chi connectivity index (χ1) is 7.31. The largest absolute Gasteiger partial charge is 0.493 e. The highest BCUT2D eigenvalue weighted by Gasteiger charge is 2.18. The summed E-state index contributed by atoms with van der Waals surface area (Å²) >= 11 is 3.51. The monoisotopic (exact) mass is 269 g/mol. The molecule has 1 aliphatic rings. The van der Waals surface area contributed by atoms with Gasteiger partial charge in [-0.05, 0) is 37.6 Å². The molecule has 1 heterocycles. The van der Waals surface area contributed by atoms with Gasteiger partial charge in [-0.15, -0.1) is 0 Å². The van der Waals surface area contributed by atoms with E-state index in [1.54, 1.807) is 0 Å². The topological polar surface area (TPSA) is 21.3 Å². The highest BCUT2D eigenvalue weighted by atomic mass is 79.9.